The topological polar surface area (TPSA) is 60.4 Å². The van der Waals surface area contributed by atoms with Crippen LogP contribution in [0.2, 0.25) is 0 Å². The summed E-state index contributed by atoms with van der Waals surface area (Å²) >= 11 is 3.18. The van der Waals surface area contributed by atoms with Crippen molar-refractivity contribution < 1.29 is 17.9 Å². The van der Waals surface area contributed by atoms with Gasteiger partial charge >= 0.3 is 5.97 Å². The molecule has 7 heteroatoms. The van der Waals surface area contributed by atoms with Crippen molar-refractivity contribution in [3.63, 3.8) is 0 Å². The molecule has 96 valence electrons. The van der Waals surface area contributed by atoms with Crippen molar-refractivity contribution in [3.05, 3.63) is 34.3 Å². The van der Waals surface area contributed by atoms with Crippen molar-refractivity contribution in [2.45, 2.75) is 4.90 Å². The van der Waals surface area contributed by atoms with Gasteiger partial charge in [-0.3, -0.25) is 0 Å². The van der Waals surface area contributed by atoms with Gasteiger partial charge in [0.2, 0.25) is 8.87 Å². The summed E-state index contributed by atoms with van der Waals surface area (Å²) in [5, 5.41) is 0. The molecule has 0 bridgehead atoms. The smallest absolute Gasteiger partial charge is 0.346 e. The minimum atomic E-state index is -3.11. The Morgan fingerprint density at radius 2 is 1.89 bits per heavy atom. The first kappa shape index (κ1) is 13.6. The highest BCUT2D eigenvalue weighted by Crippen LogP contribution is 2.31. The molecule has 0 aromatic heterocycles. The number of carbonyl (C=O) groups is 1. The second-order valence-corrected chi connectivity index (χ2v) is 8.84. The lowest BCUT2D eigenvalue weighted by atomic mass is 10.1. The maximum Gasteiger partial charge on any atom is 0.346 e. The van der Waals surface area contributed by atoms with Crippen molar-refractivity contribution in [3.8, 4) is 0 Å². The van der Waals surface area contributed by atoms with Crippen LogP contribution in [0.3, 0.4) is 0 Å². The lowest BCUT2D eigenvalue weighted by molar-refractivity contribution is -0.135. The number of esters is 1. The summed E-state index contributed by atoms with van der Waals surface area (Å²) in [5.74, 6) is -0.375. The van der Waals surface area contributed by atoms with E-state index in [0.29, 0.717) is 9.38 Å². The summed E-state index contributed by atoms with van der Waals surface area (Å²) < 4.78 is 27.5. The minimum Gasteiger partial charge on any atom is -0.457 e. The van der Waals surface area contributed by atoms with Gasteiger partial charge in [-0.15, -0.1) is 0 Å². The molecule has 0 unspecified atom stereocenters. The van der Waals surface area contributed by atoms with Gasteiger partial charge in [-0.25, -0.2) is 13.2 Å². The van der Waals surface area contributed by atoms with Crippen LogP contribution >= 0.6 is 26.7 Å². The highest BCUT2D eigenvalue weighted by Gasteiger charge is 2.23. The fourth-order valence-electron chi connectivity index (χ4n) is 1.48. The average Bonchev–Trinajstić information content (AvgIpc) is 2.59. The van der Waals surface area contributed by atoms with Gasteiger partial charge in [0.1, 0.15) is 11.1 Å². The molecule has 0 N–H and O–H groups in total. The van der Waals surface area contributed by atoms with E-state index in [1.54, 1.807) is 24.3 Å². The molecule has 1 aliphatic rings. The van der Waals surface area contributed by atoms with Crippen LogP contribution in [0, 0.1) is 0 Å². The Bertz CT molecular complexity index is 617. The molecule has 0 radical (unpaired) electrons. The average molecular weight is 349 g/mol. The van der Waals surface area contributed by atoms with Gasteiger partial charge in [0, 0.05) is 27.5 Å². The zero-order valence-corrected chi connectivity index (χ0v) is 12.6. The Kier molecular flexibility index (Phi) is 3.84. The van der Waals surface area contributed by atoms with Crippen molar-refractivity contribution >= 4 is 47.1 Å². The van der Waals surface area contributed by atoms with Gasteiger partial charge in [0.05, 0.1) is 0 Å². The van der Waals surface area contributed by atoms with E-state index in [9.17, 15) is 13.2 Å². The summed E-state index contributed by atoms with van der Waals surface area (Å²) in [6.07, 6.45) is 1.16. The summed E-state index contributed by atoms with van der Waals surface area (Å²) in [6.45, 7) is 0.234. The van der Waals surface area contributed by atoms with E-state index in [2.05, 4.69) is 15.9 Å². The molecule has 4 nitrogen and oxygen atoms in total. The number of carbonyl (C=O) groups excluding carboxylic acids is 1. The normalized spacial score (nSPS) is 16.0. The minimum absolute atomic E-state index is 0.234. The number of benzene rings is 1. The van der Waals surface area contributed by atoms with Crippen LogP contribution < -0.4 is 0 Å². The van der Waals surface area contributed by atoms with E-state index in [4.69, 9.17) is 4.74 Å². The third-order valence-electron chi connectivity index (χ3n) is 2.24. The number of halogens is 1. The number of hydrogen-bond donors (Lipinski definition) is 0. The van der Waals surface area contributed by atoms with Crippen LogP contribution in [0.15, 0.2) is 33.6 Å². The standard InChI is InChI=1S/C11H9BrO4S2/c1-18(14,15)17-8-4-2-7(3-5-8)9-6-16-11(13)10(9)12/h2-5H,6H2,1H3. The summed E-state index contributed by atoms with van der Waals surface area (Å²) in [5.41, 5.74) is 1.61. The largest absolute Gasteiger partial charge is 0.457 e. The van der Waals surface area contributed by atoms with Gasteiger partial charge in [-0.1, -0.05) is 12.1 Å². The molecule has 1 heterocycles. The Labute approximate surface area is 117 Å². The first-order valence-electron chi connectivity index (χ1n) is 4.92. The highest BCUT2D eigenvalue weighted by atomic mass is 79.9. The number of ether oxygens (including phenoxy) is 1. The molecule has 1 aromatic rings. The summed E-state index contributed by atoms with van der Waals surface area (Å²) in [4.78, 5) is 11.8. The van der Waals surface area contributed by atoms with E-state index in [-0.39, 0.29) is 12.6 Å². The van der Waals surface area contributed by atoms with Crippen LogP contribution in [0.4, 0.5) is 0 Å². The van der Waals surface area contributed by atoms with E-state index in [1.807, 2.05) is 0 Å². The molecule has 0 spiro atoms. The van der Waals surface area contributed by atoms with Crippen LogP contribution in [-0.2, 0) is 18.4 Å². The summed E-state index contributed by atoms with van der Waals surface area (Å²) in [7, 11) is -2.31. The fourth-order valence-corrected chi connectivity index (χ4v) is 3.92. The second-order valence-electron chi connectivity index (χ2n) is 3.68. The molecule has 0 atom stereocenters. The van der Waals surface area contributed by atoms with Crippen molar-refractivity contribution in [2.75, 3.05) is 12.9 Å². The molecule has 0 amide bonds. The molecule has 2 rings (SSSR count). The fraction of sp³-hybridized carbons (Fsp3) is 0.182. The van der Waals surface area contributed by atoms with Crippen LogP contribution in [-0.4, -0.2) is 27.2 Å². The Balaban J connectivity index is 2.26. The Morgan fingerprint density at radius 1 is 1.28 bits per heavy atom. The van der Waals surface area contributed by atoms with E-state index in [0.717, 1.165) is 28.2 Å². The molecule has 0 fully saturated rings. The predicted octanol–water partition coefficient (Wildman–Crippen LogP) is 2.40. The van der Waals surface area contributed by atoms with Gasteiger partial charge < -0.3 is 4.74 Å². The van der Waals surface area contributed by atoms with Crippen LogP contribution in [0.25, 0.3) is 5.57 Å². The van der Waals surface area contributed by atoms with Gasteiger partial charge in [0.15, 0.2) is 0 Å². The van der Waals surface area contributed by atoms with E-state index < -0.39 is 8.87 Å². The third-order valence-corrected chi connectivity index (χ3v) is 5.30. The maximum absolute atomic E-state index is 11.2. The quantitative estimate of drug-likeness (QED) is 0.620. The monoisotopic (exact) mass is 348 g/mol. The SMILES string of the molecule is CS(=O)(=O)Sc1ccc(C2=C(Br)C(=O)OC2)cc1. The molecule has 18 heavy (non-hydrogen) atoms. The molecule has 0 saturated carbocycles. The summed E-state index contributed by atoms with van der Waals surface area (Å²) in [6, 6.07) is 6.95. The predicted molar refractivity (Wildman–Crippen MR) is 73.9 cm³/mol. The first-order valence-corrected chi connectivity index (χ1v) is 8.94. The Hall–Kier alpha value is -0.790. The molecule has 0 aliphatic carbocycles. The van der Waals surface area contributed by atoms with E-state index in [1.165, 1.54) is 0 Å². The second kappa shape index (κ2) is 5.07. The zero-order chi connectivity index (χ0) is 13.3. The van der Waals surface area contributed by atoms with Gasteiger partial charge in [-0.2, -0.15) is 0 Å². The lowest BCUT2D eigenvalue weighted by Crippen LogP contribution is -1.93. The number of cyclic esters (lactones) is 1. The molecular formula is C11H9BrO4S2. The van der Waals surface area contributed by atoms with Gasteiger partial charge in [-0.05, 0) is 33.6 Å². The molecule has 1 aromatic carbocycles. The van der Waals surface area contributed by atoms with E-state index >= 15 is 0 Å². The lowest BCUT2D eigenvalue weighted by Gasteiger charge is -2.03. The zero-order valence-electron chi connectivity index (χ0n) is 9.34. The molecular weight excluding hydrogens is 340 g/mol. The van der Waals surface area contributed by atoms with Crippen molar-refractivity contribution in [2.24, 2.45) is 0 Å². The van der Waals surface area contributed by atoms with Gasteiger partial charge in [0.25, 0.3) is 0 Å². The van der Waals surface area contributed by atoms with Crippen LogP contribution in [0.1, 0.15) is 5.56 Å². The first-order chi connectivity index (χ1) is 8.37. The third kappa shape index (κ3) is 3.15. The maximum atomic E-state index is 11.2. The Morgan fingerprint density at radius 3 is 2.33 bits per heavy atom. The molecule has 1 aliphatic heterocycles. The molecule has 0 saturated heterocycles. The van der Waals surface area contributed by atoms with Crippen molar-refractivity contribution in [1.29, 1.82) is 0 Å². The van der Waals surface area contributed by atoms with Crippen molar-refractivity contribution in [1.82, 2.24) is 0 Å². The number of hydrogen-bond acceptors (Lipinski definition) is 5. The van der Waals surface area contributed by atoms with Crippen LogP contribution in [0.5, 0.6) is 0 Å². The number of rotatable bonds is 3. The highest BCUT2D eigenvalue weighted by molar-refractivity contribution is 9.12.